The number of carbonyl (C=O) groups is 1. The molecule has 0 aliphatic rings. The number of hydrogen-bond acceptors (Lipinski definition) is 9. The molecule has 0 spiro atoms. The molecule has 0 bridgehead atoms. The summed E-state index contributed by atoms with van der Waals surface area (Å²) in [7, 11) is 7.92. The zero-order chi connectivity index (χ0) is 29.4. The maximum Gasteiger partial charge on any atom is 0.247 e. The monoisotopic (exact) mass is 555 g/mol. The molecule has 0 aliphatic carbocycles. The second-order valence-electron chi connectivity index (χ2n) is 9.68. The lowest BCUT2D eigenvalue weighted by Gasteiger charge is -2.26. The number of para-hydroxylation sites is 1. The van der Waals surface area contributed by atoms with Gasteiger partial charge in [0.25, 0.3) is 0 Å². The molecular weight excluding hydrogens is 518 g/mol. The molecule has 2 heterocycles. The number of nitrogens with zero attached hydrogens (tertiary/aromatic N) is 6. The fraction of sp³-hybridized carbons (Fsp3) is 0.267. The number of anilines is 6. The van der Waals surface area contributed by atoms with E-state index in [0.29, 0.717) is 35.4 Å². The van der Waals surface area contributed by atoms with E-state index in [1.165, 1.54) is 12.4 Å². The first-order chi connectivity index (χ1) is 19.8. The Morgan fingerprint density at radius 1 is 1.00 bits per heavy atom. The number of benzene rings is 2. The smallest absolute Gasteiger partial charge is 0.247 e. The Bertz CT molecular complexity index is 1500. The zero-order valence-corrected chi connectivity index (χ0v) is 24.2. The van der Waals surface area contributed by atoms with Crippen LogP contribution >= 0.6 is 0 Å². The van der Waals surface area contributed by atoms with E-state index in [4.69, 9.17) is 4.74 Å². The van der Waals surface area contributed by atoms with E-state index in [2.05, 4.69) is 47.4 Å². The van der Waals surface area contributed by atoms with Crippen LogP contribution in [0, 0.1) is 0 Å². The topological polar surface area (TPSA) is 112 Å². The van der Waals surface area contributed by atoms with Crippen LogP contribution in [0.25, 0.3) is 11.3 Å². The number of rotatable bonds is 13. The summed E-state index contributed by atoms with van der Waals surface area (Å²) in [5.41, 5.74) is 4.77. The predicted molar refractivity (Wildman–Crippen MR) is 166 cm³/mol. The van der Waals surface area contributed by atoms with E-state index in [1.807, 2.05) is 89.8 Å². The Morgan fingerprint density at radius 3 is 2.39 bits per heavy atom. The van der Waals surface area contributed by atoms with Crippen molar-refractivity contribution in [3.8, 4) is 17.0 Å². The SMILES string of the molecule is C=CC(=O)Nc1cc(Nc2cc(Nc3ccccc3-c3ccn(C)n3)ncn2)c(OCC)cc1N(C)CCN(C)C. The molecule has 4 aromatic rings. The summed E-state index contributed by atoms with van der Waals surface area (Å²) in [6, 6.07) is 15.5. The molecule has 0 aliphatic heterocycles. The predicted octanol–water partition coefficient (Wildman–Crippen LogP) is 4.89. The van der Waals surface area contributed by atoms with E-state index in [-0.39, 0.29) is 5.91 Å². The molecule has 214 valence electrons. The number of hydrogen-bond donors (Lipinski definition) is 3. The number of ether oxygens (including phenoxy) is 1. The number of aromatic nitrogens is 4. The van der Waals surface area contributed by atoms with Crippen LogP contribution in [0.15, 0.2) is 73.7 Å². The van der Waals surface area contributed by atoms with Crippen molar-refractivity contribution in [2.45, 2.75) is 6.92 Å². The van der Waals surface area contributed by atoms with Gasteiger partial charge in [-0.15, -0.1) is 0 Å². The van der Waals surface area contributed by atoms with Crippen LogP contribution in [-0.2, 0) is 11.8 Å². The molecule has 2 aromatic heterocycles. The largest absolute Gasteiger partial charge is 0.492 e. The van der Waals surface area contributed by atoms with E-state index in [1.54, 1.807) is 4.68 Å². The van der Waals surface area contributed by atoms with Gasteiger partial charge in [0.15, 0.2) is 0 Å². The van der Waals surface area contributed by atoms with Crippen molar-refractivity contribution in [1.82, 2.24) is 24.6 Å². The van der Waals surface area contributed by atoms with E-state index in [9.17, 15) is 4.79 Å². The lowest BCUT2D eigenvalue weighted by Crippen LogP contribution is -2.29. The van der Waals surface area contributed by atoms with Crippen molar-refractivity contribution in [3.05, 3.63) is 73.7 Å². The molecule has 2 aromatic carbocycles. The van der Waals surface area contributed by atoms with Gasteiger partial charge in [0.2, 0.25) is 5.91 Å². The number of aryl methyl sites for hydroxylation is 1. The molecule has 0 radical (unpaired) electrons. The second kappa shape index (κ2) is 13.4. The molecule has 11 heteroatoms. The first-order valence-corrected chi connectivity index (χ1v) is 13.3. The van der Waals surface area contributed by atoms with E-state index in [0.717, 1.165) is 35.7 Å². The van der Waals surface area contributed by atoms with Crippen molar-refractivity contribution in [1.29, 1.82) is 0 Å². The van der Waals surface area contributed by atoms with Crippen LogP contribution in [0.3, 0.4) is 0 Å². The molecule has 4 rings (SSSR count). The zero-order valence-electron chi connectivity index (χ0n) is 24.2. The molecule has 0 atom stereocenters. The van der Waals surface area contributed by atoms with Crippen LogP contribution in [0.5, 0.6) is 5.75 Å². The molecule has 0 saturated heterocycles. The van der Waals surface area contributed by atoms with Gasteiger partial charge >= 0.3 is 0 Å². The molecule has 41 heavy (non-hydrogen) atoms. The molecule has 0 saturated carbocycles. The second-order valence-corrected chi connectivity index (χ2v) is 9.68. The summed E-state index contributed by atoms with van der Waals surface area (Å²) in [6.45, 7) is 7.59. The third-order valence-corrected chi connectivity index (χ3v) is 6.24. The van der Waals surface area contributed by atoms with Gasteiger partial charge in [-0.3, -0.25) is 9.48 Å². The Balaban J connectivity index is 1.65. The highest BCUT2D eigenvalue weighted by Gasteiger charge is 2.17. The standard InChI is InChI=1S/C30H37N9O2/c1-7-30(40)35-24-17-25(27(41-8-2)18-26(24)38(5)16-15-37(3)4)34-29-19-28(31-20-32-29)33-22-12-10-9-11-21(22)23-13-14-39(6)36-23/h7,9-14,17-20H,1,8,15-16H2,2-6H3,(H,35,40)(H2,31,32,33,34). The van der Waals surface area contributed by atoms with Crippen LogP contribution < -0.4 is 25.6 Å². The molecule has 0 unspecified atom stereocenters. The van der Waals surface area contributed by atoms with Crippen molar-refractivity contribution >= 4 is 40.3 Å². The highest BCUT2D eigenvalue weighted by Crippen LogP contribution is 2.38. The van der Waals surface area contributed by atoms with Crippen LogP contribution in [0.1, 0.15) is 6.92 Å². The van der Waals surface area contributed by atoms with Crippen molar-refractivity contribution in [2.24, 2.45) is 7.05 Å². The average Bonchev–Trinajstić information content (AvgIpc) is 3.39. The van der Waals surface area contributed by atoms with Crippen molar-refractivity contribution < 1.29 is 9.53 Å². The lowest BCUT2D eigenvalue weighted by atomic mass is 10.1. The maximum absolute atomic E-state index is 12.3. The summed E-state index contributed by atoms with van der Waals surface area (Å²) >= 11 is 0. The Morgan fingerprint density at radius 2 is 1.73 bits per heavy atom. The Labute approximate surface area is 240 Å². The molecule has 11 nitrogen and oxygen atoms in total. The normalized spacial score (nSPS) is 10.8. The molecular formula is C30H37N9O2. The van der Waals surface area contributed by atoms with Gasteiger partial charge in [-0.1, -0.05) is 24.8 Å². The molecule has 0 fully saturated rings. The number of carbonyl (C=O) groups excluding carboxylic acids is 1. The summed E-state index contributed by atoms with van der Waals surface area (Å²) in [6.07, 6.45) is 4.64. The summed E-state index contributed by atoms with van der Waals surface area (Å²) in [5, 5.41) is 14.2. The van der Waals surface area contributed by atoms with Gasteiger partial charge in [0.05, 0.1) is 29.4 Å². The van der Waals surface area contributed by atoms with Gasteiger partial charge in [0, 0.05) is 56.8 Å². The molecule has 3 N–H and O–H groups in total. The lowest BCUT2D eigenvalue weighted by molar-refractivity contribution is -0.111. The van der Waals surface area contributed by atoms with Gasteiger partial charge in [-0.05, 0) is 45.3 Å². The van der Waals surface area contributed by atoms with Crippen LogP contribution in [0.4, 0.5) is 34.4 Å². The third kappa shape index (κ3) is 7.61. The number of nitrogens with one attached hydrogen (secondary N) is 3. The third-order valence-electron chi connectivity index (χ3n) is 6.24. The maximum atomic E-state index is 12.3. The fourth-order valence-electron chi connectivity index (χ4n) is 4.16. The van der Waals surface area contributed by atoms with Crippen LogP contribution in [-0.4, -0.2) is 71.4 Å². The first kappa shape index (κ1) is 29.1. The van der Waals surface area contributed by atoms with E-state index >= 15 is 0 Å². The van der Waals surface area contributed by atoms with Crippen molar-refractivity contribution in [3.63, 3.8) is 0 Å². The highest BCUT2D eigenvalue weighted by atomic mass is 16.5. The van der Waals surface area contributed by atoms with Gasteiger partial charge in [0.1, 0.15) is 23.7 Å². The van der Waals surface area contributed by atoms with Gasteiger partial charge in [-0.25, -0.2) is 9.97 Å². The minimum Gasteiger partial charge on any atom is -0.492 e. The minimum absolute atomic E-state index is 0.303. The quantitative estimate of drug-likeness (QED) is 0.199. The summed E-state index contributed by atoms with van der Waals surface area (Å²) < 4.78 is 7.77. The van der Waals surface area contributed by atoms with Crippen LogP contribution in [0.2, 0.25) is 0 Å². The van der Waals surface area contributed by atoms with Gasteiger partial charge < -0.3 is 30.5 Å². The number of likely N-dealkylation sites (N-methyl/N-ethyl adjacent to an activating group) is 2. The molecule has 1 amide bonds. The summed E-state index contributed by atoms with van der Waals surface area (Å²) in [4.78, 5) is 25.3. The Hall–Kier alpha value is -4.90. The van der Waals surface area contributed by atoms with E-state index < -0.39 is 0 Å². The minimum atomic E-state index is -0.303. The fourth-order valence-corrected chi connectivity index (χ4v) is 4.16. The summed E-state index contributed by atoms with van der Waals surface area (Å²) in [5.74, 6) is 1.48. The average molecular weight is 556 g/mol. The number of amides is 1. The van der Waals surface area contributed by atoms with Crippen molar-refractivity contribution in [2.75, 3.05) is 61.7 Å². The highest BCUT2D eigenvalue weighted by molar-refractivity contribution is 6.02. The van der Waals surface area contributed by atoms with Gasteiger partial charge in [-0.2, -0.15) is 5.10 Å². The first-order valence-electron chi connectivity index (χ1n) is 13.3. The Kier molecular flexibility index (Phi) is 9.54.